The summed E-state index contributed by atoms with van der Waals surface area (Å²) in [6, 6.07) is 4.72. The molecule has 89 heavy (non-hydrogen) atoms. The highest BCUT2D eigenvalue weighted by Crippen LogP contribution is 2.43. The number of amides is 3. The highest BCUT2D eigenvalue weighted by Gasteiger charge is 2.27. The summed E-state index contributed by atoms with van der Waals surface area (Å²) in [5.74, 6) is -3.71. The number of nitrogens with two attached hydrogens (primary N) is 1. The fourth-order valence-electron chi connectivity index (χ4n) is 9.67. The number of aromatic nitrogens is 4. The molecule has 2 heterocycles. The lowest BCUT2D eigenvalue weighted by atomic mass is 10.0. The summed E-state index contributed by atoms with van der Waals surface area (Å²) in [5.41, 5.74) is 6.32. The van der Waals surface area contributed by atoms with Gasteiger partial charge in [0.1, 0.15) is 19.3 Å². The van der Waals surface area contributed by atoms with Crippen LogP contribution in [0.5, 0.6) is 0 Å². The van der Waals surface area contributed by atoms with Crippen molar-refractivity contribution in [3.8, 4) is 0 Å². The van der Waals surface area contributed by atoms with E-state index in [4.69, 9.17) is 29.0 Å². The number of carboxylic acids is 1. The van der Waals surface area contributed by atoms with Crippen LogP contribution in [-0.4, -0.2) is 117 Å². The molecule has 12 N–H and O–H groups in total. The number of unbranched alkanes of at least 4 members (excludes halogenated alkanes) is 28. The minimum absolute atomic E-state index is 0. The molecule has 504 valence electrons. The summed E-state index contributed by atoms with van der Waals surface area (Å²) in [7, 11) is -4.75. The first-order valence-corrected chi connectivity index (χ1v) is 34.1. The average Bonchev–Trinajstić information content (AvgIpc) is 3.10. The predicted octanol–water partition coefficient (Wildman–Crippen LogP) is 12.0. The molecule has 0 aliphatic rings. The normalized spacial score (nSPS) is 12.5. The number of carbonyl (C=O) groups is 6. The van der Waals surface area contributed by atoms with Crippen molar-refractivity contribution in [3.63, 3.8) is 0 Å². The number of nitrogens with one attached hydrogen (secondary N) is 5. The molecule has 3 aromatic rings. The molecule has 0 bridgehead atoms. The van der Waals surface area contributed by atoms with E-state index in [-0.39, 0.29) is 87.4 Å². The van der Waals surface area contributed by atoms with E-state index in [1.165, 1.54) is 160 Å². The second kappa shape index (κ2) is 49.5. The monoisotopic (exact) mass is 1270 g/mol. The van der Waals surface area contributed by atoms with Crippen molar-refractivity contribution in [2.24, 2.45) is 0 Å². The molecule has 0 spiro atoms. The molecule has 0 aliphatic carbocycles. The average molecular weight is 1280 g/mol. The van der Waals surface area contributed by atoms with Gasteiger partial charge in [0.25, 0.3) is 11.5 Å². The smallest absolute Gasteiger partial charge is 0.472 e. The molecule has 1 aromatic carbocycles. The Bertz CT molecular complexity index is 2560. The van der Waals surface area contributed by atoms with Gasteiger partial charge in [0.15, 0.2) is 17.3 Å². The van der Waals surface area contributed by atoms with Gasteiger partial charge >= 0.3 is 31.8 Å². The van der Waals surface area contributed by atoms with Gasteiger partial charge in [-0.25, -0.2) is 24.1 Å². The number of nitrogens with zero attached hydrogens (tertiary/aromatic N) is 3. The topological polar surface area (TPSA) is 387 Å². The number of H-pyrrole nitrogens is 1. The summed E-state index contributed by atoms with van der Waals surface area (Å²) in [4.78, 5) is 113. The number of esters is 2. The Balaban J connectivity index is 0.0000270. The number of hydrogen-bond acceptors (Lipinski definition) is 19. The van der Waals surface area contributed by atoms with Gasteiger partial charge in [-0.3, -0.25) is 38.0 Å². The zero-order chi connectivity index (χ0) is 63.9. The van der Waals surface area contributed by atoms with Crippen molar-refractivity contribution >= 4 is 66.4 Å². The highest BCUT2D eigenvalue weighted by molar-refractivity contribution is 7.47. The number of phosphoric acid groups is 1. The van der Waals surface area contributed by atoms with E-state index in [9.17, 15) is 48.1 Å². The van der Waals surface area contributed by atoms with E-state index < -0.39 is 74.6 Å². The third-order valence-electron chi connectivity index (χ3n) is 14.8. The van der Waals surface area contributed by atoms with Crippen LogP contribution in [0.2, 0.25) is 0 Å². The van der Waals surface area contributed by atoms with E-state index in [0.717, 1.165) is 38.5 Å². The predicted molar refractivity (Wildman–Crippen MR) is 343 cm³/mol. The molecule has 3 atom stereocenters. The molecule has 0 saturated carbocycles. The zero-order valence-electron chi connectivity index (χ0n) is 53.3. The number of anilines is 2. The SMILES string of the molecule is CCCCCCCCCCCCCCCCCC(=O)OC[C@H](COP(=O)(O)OCCNC(=O)OCCNC(=O)CCC(NC(=O)c1ccc(NCc2cnc3nc(N)[nH]c(=O)c3n2)cc1)C(=O)O)OC(=O)CCCCCCCCCCCCCCCCC.N. The first-order valence-electron chi connectivity index (χ1n) is 32.6. The van der Waals surface area contributed by atoms with Crippen molar-refractivity contribution < 1.29 is 66.6 Å². The molecular formula is C63H107N10O15P. The van der Waals surface area contributed by atoms with Gasteiger partial charge in [-0.15, -0.1) is 0 Å². The summed E-state index contributed by atoms with van der Waals surface area (Å²) in [5, 5.41) is 20.1. The van der Waals surface area contributed by atoms with Crippen molar-refractivity contribution in [1.29, 1.82) is 0 Å². The maximum absolute atomic E-state index is 12.9. The fourth-order valence-corrected chi connectivity index (χ4v) is 10.4. The van der Waals surface area contributed by atoms with E-state index in [2.05, 4.69) is 55.1 Å². The number of alkyl carbamates (subject to hydrolysis) is 1. The lowest BCUT2D eigenvalue weighted by Crippen LogP contribution is -2.41. The lowest BCUT2D eigenvalue weighted by molar-refractivity contribution is -0.161. The Morgan fingerprint density at radius 1 is 0.629 bits per heavy atom. The van der Waals surface area contributed by atoms with E-state index >= 15 is 0 Å². The molecule has 0 radical (unpaired) electrons. The Hall–Kier alpha value is -6.27. The first kappa shape index (κ1) is 78.8. The maximum atomic E-state index is 12.9. The zero-order valence-corrected chi connectivity index (χ0v) is 54.2. The van der Waals surface area contributed by atoms with Gasteiger partial charge in [-0.05, 0) is 43.5 Å². The number of rotatable bonds is 54. The van der Waals surface area contributed by atoms with E-state index in [1.54, 1.807) is 12.1 Å². The Morgan fingerprint density at radius 2 is 1.13 bits per heavy atom. The standard InChI is InChI=1S/C63H104N9O15P.H3N/c1-3-5-7-9-11-13-15-17-19-21-23-25-27-29-31-33-55(74)84-47-52(87-56(75)34-32-30-28-26-24-22-20-18-16-14-12-10-8-6-4-2)48-86-88(81,82)85-44-42-66-63(80)83-43-41-65-54(73)40-39-53(61(78)79)70-59(76)49-35-37-50(38-36-49)67-45-51-46-68-58-57(69-51)60(77)72-62(64)71-58;/h35-38,46,52-53,67H,3-34,39-45,47-48H2,1-2H3,(H,65,73)(H,66,80)(H,70,76)(H,78,79)(H,81,82)(H3,64,68,71,72,77);1H3/t52-,53?;/m1./s1. The Morgan fingerprint density at radius 3 is 1.66 bits per heavy atom. The van der Waals surface area contributed by atoms with Crippen LogP contribution in [0.1, 0.15) is 248 Å². The fraction of sp³-hybridized carbons (Fsp3) is 0.714. The third-order valence-corrected chi connectivity index (χ3v) is 15.8. The Kier molecular flexibility index (Phi) is 43.8. The first-order chi connectivity index (χ1) is 42.6. The minimum Gasteiger partial charge on any atom is -0.480 e. The summed E-state index contributed by atoms with van der Waals surface area (Å²) < 4.78 is 39.0. The number of ether oxygens (including phenoxy) is 3. The molecule has 3 amide bonds. The third kappa shape index (κ3) is 39.5. The van der Waals surface area contributed by atoms with Gasteiger partial charge < -0.3 is 57.4 Å². The summed E-state index contributed by atoms with van der Waals surface area (Å²) >= 11 is 0. The van der Waals surface area contributed by atoms with Crippen LogP contribution >= 0.6 is 7.82 Å². The van der Waals surface area contributed by atoms with Crippen molar-refractivity contribution in [2.75, 3.05) is 50.6 Å². The molecule has 0 fully saturated rings. The number of nitrogen functional groups attached to an aromatic ring is 1. The summed E-state index contributed by atoms with van der Waals surface area (Å²) in [6.07, 6.45) is 34.9. The van der Waals surface area contributed by atoms with Crippen LogP contribution < -0.4 is 38.7 Å². The second-order valence-electron chi connectivity index (χ2n) is 22.5. The number of carbonyl (C=O) groups excluding carboxylic acids is 5. The molecule has 3 rings (SSSR count). The molecular weight excluding hydrogens is 1170 g/mol. The van der Waals surface area contributed by atoms with Gasteiger partial charge in [0.2, 0.25) is 11.9 Å². The molecule has 26 heteroatoms. The lowest BCUT2D eigenvalue weighted by Gasteiger charge is -2.20. The van der Waals surface area contributed by atoms with Crippen molar-refractivity contribution in [1.82, 2.24) is 42.0 Å². The van der Waals surface area contributed by atoms with Gasteiger partial charge in [-0.2, -0.15) is 4.98 Å². The molecule has 0 aliphatic heterocycles. The second-order valence-corrected chi connectivity index (χ2v) is 24.0. The number of phosphoric ester groups is 1. The van der Waals surface area contributed by atoms with Gasteiger partial charge in [0.05, 0.1) is 38.2 Å². The van der Waals surface area contributed by atoms with Crippen LogP contribution in [0.3, 0.4) is 0 Å². The van der Waals surface area contributed by atoms with Gasteiger partial charge in [-0.1, -0.05) is 194 Å². The van der Waals surface area contributed by atoms with Crippen LogP contribution in [0.15, 0.2) is 35.3 Å². The quantitative estimate of drug-likeness (QED) is 0.0110. The number of aromatic amines is 1. The number of hydrogen-bond donors (Lipinski definition) is 9. The van der Waals surface area contributed by atoms with Crippen molar-refractivity contribution in [2.45, 2.75) is 251 Å². The van der Waals surface area contributed by atoms with Crippen LogP contribution in [0.25, 0.3) is 11.2 Å². The number of aliphatic carboxylic acids is 1. The molecule has 2 aromatic heterocycles. The molecule has 25 nitrogen and oxygen atoms in total. The van der Waals surface area contributed by atoms with Crippen LogP contribution in [0.4, 0.5) is 16.4 Å². The van der Waals surface area contributed by atoms with Crippen molar-refractivity contribution in [3.05, 3.63) is 52.1 Å². The number of benzene rings is 1. The molecule has 0 saturated heterocycles. The number of carboxylic acid groups (broad SMARTS) is 1. The number of fused-ring (bicyclic) bond motifs is 1. The van der Waals surface area contributed by atoms with Gasteiger partial charge in [0, 0.05) is 37.1 Å². The molecule has 2 unspecified atom stereocenters. The minimum atomic E-state index is -4.75. The van der Waals surface area contributed by atoms with Crippen LogP contribution in [-0.2, 0) is 53.5 Å². The van der Waals surface area contributed by atoms with Crippen LogP contribution in [0, 0.1) is 0 Å². The summed E-state index contributed by atoms with van der Waals surface area (Å²) in [6.45, 7) is 2.51. The maximum Gasteiger partial charge on any atom is 0.472 e. The van der Waals surface area contributed by atoms with E-state index in [0.29, 0.717) is 24.2 Å². The van der Waals surface area contributed by atoms with E-state index in [1.807, 2.05) is 0 Å². The highest BCUT2D eigenvalue weighted by atomic mass is 31.2. The largest absolute Gasteiger partial charge is 0.480 e. The Labute approximate surface area is 526 Å².